The number of fused-ring (bicyclic) bond motifs is 4. The van der Waals surface area contributed by atoms with E-state index in [4.69, 9.17) is 0 Å². The summed E-state index contributed by atoms with van der Waals surface area (Å²) in [5, 5.41) is 24.6. The van der Waals surface area contributed by atoms with Gasteiger partial charge in [0.25, 0.3) is 5.91 Å². The molecule has 9 heteroatoms. The van der Waals surface area contributed by atoms with E-state index in [0.29, 0.717) is 44.8 Å². The molecule has 2 saturated heterocycles. The molecule has 4 aliphatic rings. The number of benzene rings is 1. The van der Waals surface area contributed by atoms with Gasteiger partial charge in [-0.2, -0.15) is 0 Å². The topological polar surface area (TPSA) is 113 Å². The van der Waals surface area contributed by atoms with Gasteiger partial charge in [0.05, 0.1) is 12.1 Å². The molecule has 50 heavy (non-hydrogen) atoms. The molecule has 2 bridgehead atoms. The molecule has 2 saturated carbocycles. The molecule has 2 aliphatic heterocycles. The summed E-state index contributed by atoms with van der Waals surface area (Å²) in [5.74, 6) is 7.21. The molecule has 0 spiro atoms. The molecule has 278 valence electrons. The molecule has 1 aromatic carbocycles. The summed E-state index contributed by atoms with van der Waals surface area (Å²) in [7, 11) is 1.84. The van der Waals surface area contributed by atoms with Crippen LogP contribution in [-0.2, 0) is 20.9 Å². The van der Waals surface area contributed by atoms with Crippen LogP contribution in [0.15, 0.2) is 30.3 Å². The van der Waals surface area contributed by atoms with Crippen molar-refractivity contribution in [2.75, 3.05) is 39.8 Å². The fraction of sp³-hybridized carbons (Fsp3) is 0.732. The Balaban J connectivity index is 1.28. The van der Waals surface area contributed by atoms with Crippen molar-refractivity contribution in [3.63, 3.8) is 0 Å². The maximum absolute atomic E-state index is 13.4. The number of hydrogen-bond acceptors (Lipinski definition) is 6. The molecule has 3 N–H and O–H groups in total. The highest BCUT2D eigenvalue weighted by atomic mass is 16.3. The average Bonchev–Trinajstić information content (AvgIpc) is 3.44. The Morgan fingerprint density at radius 1 is 0.900 bits per heavy atom. The third kappa shape index (κ3) is 13.7. The smallest absolute Gasteiger partial charge is 0.296 e. The second-order valence-electron chi connectivity index (χ2n) is 15.8. The largest absolute Gasteiger partial charge is 0.390 e. The predicted molar refractivity (Wildman–Crippen MR) is 198 cm³/mol. The molecule has 1 aromatic rings. The van der Waals surface area contributed by atoms with E-state index in [-0.39, 0.29) is 30.6 Å². The van der Waals surface area contributed by atoms with Crippen molar-refractivity contribution in [3.8, 4) is 11.8 Å². The first-order valence-electron chi connectivity index (χ1n) is 19.5. The Bertz CT molecular complexity index is 1230. The molecule has 0 aromatic heterocycles. The van der Waals surface area contributed by atoms with E-state index in [1.54, 1.807) is 9.80 Å². The van der Waals surface area contributed by atoms with Gasteiger partial charge in [-0.25, -0.2) is 0 Å². The molecule has 5 rings (SSSR count). The average molecular weight is 693 g/mol. The summed E-state index contributed by atoms with van der Waals surface area (Å²) in [4.78, 5) is 45.5. The van der Waals surface area contributed by atoms with Gasteiger partial charge in [-0.1, -0.05) is 82.2 Å². The van der Waals surface area contributed by atoms with Crippen molar-refractivity contribution in [1.82, 2.24) is 20.0 Å². The zero-order valence-electron chi connectivity index (χ0n) is 31.0. The van der Waals surface area contributed by atoms with Crippen molar-refractivity contribution in [1.29, 1.82) is 0 Å². The standard InChI is InChI=1S/C41H64N4O5/c1-31(2)26-37(46)41(50)36(27-32-12-6-4-7-13-32)42-38(47)16-10-11-23-45(30-33-14-8-5-9-15-33)40(49)22-21-39(48)43(3)24-25-44-28-34-17-18-35(29-44)20-19-34/h5,8-9,14-15,31-32,34-37,41,46,50H,4,6-7,11-13,17-30H2,1-3H3,(H,42,47)/t34?,35?,36-,37+,41-/m1/s1. The number of aliphatic hydroxyl groups excluding tert-OH is 2. The molecule has 4 fully saturated rings. The Hall–Kier alpha value is -2.93. The van der Waals surface area contributed by atoms with Crippen molar-refractivity contribution in [2.24, 2.45) is 23.7 Å². The van der Waals surface area contributed by atoms with E-state index in [9.17, 15) is 24.6 Å². The highest BCUT2D eigenvalue weighted by Gasteiger charge is 2.31. The van der Waals surface area contributed by atoms with E-state index in [1.807, 2.05) is 51.2 Å². The monoisotopic (exact) mass is 692 g/mol. The summed E-state index contributed by atoms with van der Waals surface area (Å²) in [6, 6.07) is 9.18. The first-order chi connectivity index (χ1) is 24.1. The lowest BCUT2D eigenvalue weighted by Crippen LogP contribution is -2.49. The molecule has 3 amide bonds. The quantitative estimate of drug-likeness (QED) is 0.198. The number of nitrogens with zero attached hydrogens (tertiary/aromatic N) is 3. The van der Waals surface area contributed by atoms with Crippen LogP contribution in [0.3, 0.4) is 0 Å². The predicted octanol–water partition coefficient (Wildman–Crippen LogP) is 4.99. The zero-order valence-corrected chi connectivity index (χ0v) is 31.0. The minimum Gasteiger partial charge on any atom is -0.390 e. The van der Waals surface area contributed by atoms with Gasteiger partial charge in [-0.05, 0) is 73.7 Å². The molecule has 3 atom stereocenters. The molecule has 2 aliphatic carbocycles. The highest BCUT2D eigenvalue weighted by Crippen LogP contribution is 2.33. The van der Waals surface area contributed by atoms with Gasteiger partial charge in [0, 0.05) is 65.6 Å². The molecular formula is C41H64N4O5. The first-order valence-corrected chi connectivity index (χ1v) is 19.5. The number of hydrogen-bond donors (Lipinski definition) is 3. The summed E-state index contributed by atoms with van der Waals surface area (Å²) >= 11 is 0. The summed E-state index contributed by atoms with van der Waals surface area (Å²) in [6.07, 6.45) is 10.7. The van der Waals surface area contributed by atoms with Crippen LogP contribution in [-0.4, -0.2) is 101 Å². The van der Waals surface area contributed by atoms with Gasteiger partial charge in [-0.15, -0.1) is 0 Å². The Kier molecular flexibility index (Phi) is 16.6. The van der Waals surface area contributed by atoms with Crippen LogP contribution in [0.5, 0.6) is 0 Å². The molecular weight excluding hydrogens is 628 g/mol. The number of rotatable bonds is 17. The number of aliphatic hydroxyl groups is 2. The maximum Gasteiger partial charge on any atom is 0.296 e. The third-order valence-electron chi connectivity index (χ3n) is 11.2. The van der Waals surface area contributed by atoms with E-state index >= 15 is 0 Å². The first kappa shape index (κ1) is 39.8. The second kappa shape index (κ2) is 20.8. The van der Waals surface area contributed by atoms with E-state index < -0.39 is 24.2 Å². The van der Waals surface area contributed by atoms with Crippen molar-refractivity contribution in [3.05, 3.63) is 35.9 Å². The lowest BCUT2D eigenvalue weighted by Gasteiger charge is -2.32. The Morgan fingerprint density at radius 2 is 1.54 bits per heavy atom. The summed E-state index contributed by atoms with van der Waals surface area (Å²) < 4.78 is 0. The van der Waals surface area contributed by atoms with Gasteiger partial charge in [-0.3, -0.25) is 14.4 Å². The van der Waals surface area contributed by atoms with Crippen LogP contribution in [0.2, 0.25) is 0 Å². The van der Waals surface area contributed by atoms with Crippen molar-refractivity contribution < 1.29 is 24.6 Å². The van der Waals surface area contributed by atoms with E-state index in [2.05, 4.69) is 22.1 Å². The number of nitrogens with one attached hydrogen (secondary N) is 1. The van der Waals surface area contributed by atoms with E-state index in [0.717, 1.165) is 62.7 Å². The van der Waals surface area contributed by atoms with Gasteiger partial charge >= 0.3 is 0 Å². The van der Waals surface area contributed by atoms with Gasteiger partial charge in [0.15, 0.2) is 0 Å². The Labute approximate surface area is 301 Å². The Morgan fingerprint density at radius 3 is 2.18 bits per heavy atom. The van der Waals surface area contributed by atoms with Gasteiger partial charge in [0.1, 0.15) is 6.10 Å². The molecule has 0 unspecified atom stereocenters. The lowest BCUT2D eigenvalue weighted by molar-refractivity contribution is -0.136. The lowest BCUT2D eigenvalue weighted by atomic mass is 9.82. The van der Waals surface area contributed by atoms with Crippen LogP contribution in [0.4, 0.5) is 0 Å². The number of likely N-dealkylation sites (N-methyl/N-ethyl adjacent to an activating group) is 1. The maximum atomic E-state index is 13.4. The van der Waals surface area contributed by atoms with Crippen LogP contribution >= 0.6 is 0 Å². The second-order valence-corrected chi connectivity index (χ2v) is 15.8. The number of carbonyl (C=O) groups excluding carboxylic acids is 3. The fourth-order valence-corrected chi connectivity index (χ4v) is 8.15. The fourth-order valence-electron chi connectivity index (χ4n) is 8.15. The normalized spacial score (nSPS) is 21.4. The summed E-state index contributed by atoms with van der Waals surface area (Å²) in [5.41, 5.74) is 0.987. The summed E-state index contributed by atoms with van der Waals surface area (Å²) in [6.45, 7) is 8.56. The van der Waals surface area contributed by atoms with Gasteiger partial charge < -0.3 is 30.2 Å². The van der Waals surface area contributed by atoms with Crippen LogP contribution in [0.25, 0.3) is 0 Å². The SMILES string of the molecule is CC(C)C[C@H](O)[C@H](O)[C@@H](CC1CCCCC1)NC(=O)C#CCCN(Cc1ccccc1)C(=O)CCC(=O)N(C)CCN1CC2CCC(CC2)C1. The molecule has 2 heterocycles. The van der Waals surface area contributed by atoms with Crippen molar-refractivity contribution in [2.45, 2.75) is 129 Å². The van der Waals surface area contributed by atoms with Crippen LogP contribution < -0.4 is 5.32 Å². The number of amides is 3. The van der Waals surface area contributed by atoms with Crippen LogP contribution in [0, 0.1) is 35.5 Å². The zero-order chi connectivity index (χ0) is 35.9. The minimum atomic E-state index is -1.06. The molecule has 0 radical (unpaired) electrons. The minimum absolute atomic E-state index is 0.0178. The van der Waals surface area contributed by atoms with Crippen LogP contribution in [0.1, 0.15) is 109 Å². The van der Waals surface area contributed by atoms with Gasteiger partial charge in [0.2, 0.25) is 11.8 Å². The molecule has 9 nitrogen and oxygen atoms in total. The highest BCUT2D eigenvalue weighted by molar-refractivity contribution is 5.93. The van der Waals surface area contributed by atoms with Crippen molar-refractivity contribution >= 4 is 17.7 Å². The number of carbonyl (C=O) groups is 3. The third-order valence-corrected chi connectivity index (χ3v) is 11.2. The van der Waals surface area contributed by atoms with E-state index in [1.165, 1.54) is 32.1 Å².